The molecule has 4 nitrogen and oxygen atoms in total. The summed E-state index contributed by atoms with van der Waals surface area (Å²) in [4.78, 5) is 16.3. The lowest BCUT2D eigenvalue weighted by molar-refractivity contribution is -0.932. The van der Waals surface area contributed by atoms with Crippen LogP contribution in [0.4, 0.5) is 0 Å². The van der Waals surface area contributed by atoms with Crippen molar-refractivity contribution >= 4 is 16.7 Å². The largest absolute Gasteiger partial charge is 0.484 e. The lowest BCUT2D eigenvalue weighted by Gasteiger charge is -2.38. The van der Waals surface area contributed by atoms with Crippen LogP contribution in [-0.4, -0.2) is 49.6 Å². The van der Waals surface area contributed by atoms with Crippen molar-refractivity contribution in [3.63, 3.8) is 0 Å². The van der Waals surface area contributed by atoms with E-state index in [4.69, 9.17) is 4.74 Å². The van der Waals surface area contributed by atoms with Gasteiger partial charge in [0.15, 0.2) is 6.61 Å². The molecule has 142 valence electrons. The molecule has 0 radical (unpaired) electrons. The normalized spacial score (nSPS) is 28.0. The summed E-state index contributed by atoms with van der Waals surface area (Å²) in [7, 11) is 0. The first-order valence-electron chi connectivity index (χ1n) is 10.5. The molecule has 5 rings (SSSR count). The van der Waals surface area contributed by atoms with Crippen LogP contribution in [0.15, 0.2) is 42.5 Å². The summed E-state index contributed by atoms with van der Waals surface area (Å²) in [5.41, 5.74) is 0. The zero-order valence-corrected chi connectivity index (χ0v) is 15.9. The number of carbonyl (C=O) groups is 1. The molecular weight excluding hydrogens is 336 g/mol. The van der Waals surface area contributed by atoms with Crippen LogP contribution in [0.2, 0.25) is 0 Å². The summed E-state index contributed by atoms with van der Waals surface area (Å²) >= 11 is 0. The average molecular weight is 365 g/mol. The SMILES string of the molecule is O=C(COc1ccc2ccccc2c1)N1CC[NH+]([C@H]2C[C@H]3CC[C@@H]2C3)CC1. The highest BCUT2D eigenvalue weighted by Crippen LogP contribution is 2.43. The minimum absolute atomic E-state index is 0.121. The number of nitrogens with one attached hydrogen (secondary N) is 1. The third kappa shape index (κ3) is 3.43. The van der Waals surface area contributed by atoms with Crippen molar-refractivity contribution < 1.29 is 14.4 Å². The van der Waals surface area contributed by atoms with Crippen LogP contribution in [-0.2, 0) is 4.79 Å². The van der Waals surface area contributed by atoms with Crippen molar-refractivity contribution in [1.82, 2.24) is 4.90 Å². The molecule has 2 aliphatic carbocycles. The molecule has 1 amide bonds. The maximum absolute atomic E-state index is 12.6. The van der Waals surface area contributed by atoms with E-state index < -0.39 is 0 Å². The average Bonchev–Trinajstić information content (AvgIpc) is 3.36. The van der Waals surface area contributed by atoms with Gasteiger partial charge in [0.25, 0.3) is 5.91 Å². The van der Waals surface area contributed by atoms with Crippen LogP contribution in [0.25, 0.3) is 10.8 Å². The van der Waals surface area contributed by atoms with E-state index in [0.29, 0.717) is 0 Å². The molecule has 27 heavy (non-hydrogen) atoms. The maximum atomic E-state index is 12.6. The van der Waals surface area contributed by atoms with Gasteiger partial charge in [0.1, 0.15) is 5.75 Å². The van der Waals surface area contributed by atoms with Gasteiger partial charge in [-0.1, -0.05) is 30.3 Å². The Morgan fingerprint density at radius 3 is 2.59 bits per heavy atom. The molecule has 1 aliphatic heterocycles. The maximum Gasteiger partial charge on any atom is 0.260 e. The number of hydrogen-bond acceptors (Lipinski definition) is 2. The summed E-state index contributed by atoms with van der Waals surface area (Å²) in [6.45, 7) is 4.11. The molecule has 1 heterocycles. The van der Waals surface area contributed by atoms with E-state index in [9.17, 15) is 4.79 Å². The van der Waals surface area contributed by atoms with Gasteiger partial charge < -0.3 is 14.5 Å². The van der Waals surface area contributed by atoms with Crippen molar-refractivity contribution in [3.05, 3.63) is 42.5 Å². The molecule has 0 spiro atoms. The smallest absolute Gasteiger partial charge is 0.260 e. The highest BCUT2D eigenvalue weighted by molar-refractivity contribution is 5.84. The summed E-state index contributed by atoms with van der Waals surface area (Å²) < 4.78 is 5.80. The quantitative estimate of drug-likeness (QED) is 0.901. The standard InChI is InChI=1S/C23H28N2O2/c26-23(16-27-21-8-7-18-3-1-2-4-19(18)15-21)25-11-9-24(10-12-25)22-14-17-5-6-20(22)13-17/h1-4,7-8,15,17,20,22H,5-6,9-14,16H2/p+1/t17-,20+,22-/m0/s1. The van der Waals surface area contributed by atoms with Crippen LogP contribution in [0, 0.1) is 11.8 Å². The molecule has 2 aromatic rings. The topological polar surface area (TPSA) is 34.0 Å². The van der Waals surface area contributed by atoms with Crippen LogP contribution >= 0.6 is 0 Å². The molecule has 2 aromatic carbocycles. The van der Waals surface area contributed by atoms with Gasteiger partial charge in [-0.15, -0.1) is 0 Å². The second-order valence-corrected chi connectivity index (χ2v) is 8.62. The van der Waals surface area contributed by atoms with Crippen molar-refractivity contribution in [2.24, 2.45) is 11.8 Å². The fourth-order valence-electron chi connectivity index (χ4n) is 5.65. The van der Waals surface area contributed by atoms with E-state index in [1.54, 1.807) is 4.90 Å². The minimum Gasteiger partial charge on any atom is -0.484 e. The monoisotopic (exact) mass is 365 g/mol. The Balaban J connectivity index is 1.13. The number of piperazine rings is 1. The van der Waals surface area contributed by atoms with Crippen molar-refractivity contribution in [2.45, 2.75) is 31.7 Å². The Bertz CT molecular complexity index is 828. The number of amides is 1. The molecule has 0 unspecified atom stereocenters. The van der Waals surface area contributed by atoms with Crippen molar-refractivity contribution in [3.8, 4) is 5.75 Å². The molecule has 3 fully saturated rings. The van der Waals surface area contributed by atoms with Crippen LogP contribution in [0.5, 0.6) is 5.75 Å². The lowest BCUT2D eigenvalue weighted by Crippen LogP contribution is -3.18. The van der Waals surface area contributed by atoms with E-state index in [2.05, 4.69) is 12.1 Å². The Hall–Kier alpha value is -2.07. The molecule has 1 N–H and O–H groups in total. The van der Waals surface area contributed by atoms with Gasteiger partial charge in [0.2, 0.25) is 0 Å². The molecule has 2 saturated carbocycles. The molecule has 4 heteroatoms. The van der Waals surface area contributed by atoms with Crippen LogP contribution in [0.1, 0.15) is 25.7 Å². The Labute approximate surface area is 161 Å². The summed E-state index contributed by atoms with van der Waals surface area (Å²) in [6.07, 6.45) is 5.81. The summed E-state index contributed by atoms with van der Waals surface area (Å²) in [5.74, 6) is 2.86. The minimum atomic E-state index is 0.121. The fourth-order valence-corrected chi connectivity index (χ4v) is 5.65. The third-order valence-corrected chi connectivity index (χ3v) is 7.10. The van der Waals surface area contributed by atoms with Crippen LogP contribution < -0.4 is 9.64 Å². The fraction of sp³-hybridized carbons (Fsp3) is 0.522. The summed E-state index contributed by atoms with van der Waals surface area (Å²) in [5, 5.41) is 2.33. The van der Waals surface area contributed by atoms with Crippen molar-refractivity contribution in [1.29, 1.82) is 0 Å². The van der Waals surface area contributed by atoms with E-state index in [1.165, 1.54) is 31.1 Å². The van der Waals surface area contributed by atoms with Gasteiger partial charge in [-0.3, -0.25) is 4.79 Å². The van der Waals surface area contributed by atoms with Crippen LogP contribution in [0.3, 0.4) is 0 Å². The third-order valence-electron chi connectivity index (χ3n) is 7.10. The highest BCUT2D eigenvalue weighted by atomic mass is 16.5. The highest BCUT2D eigenvalue weighted by Gasteiger charge is 2.45. The van der Waals surface area contributed by atoms with E-state index in [-0.39, 0.29) is 12.5 Å². The van der Waals surface area contributed by atoms with Gasteiger partial charge in [-0.25, -0.2) is 0 Å². The van der Waals surface area contributed by atoms with E-state index >= 15 is 0 Å². The number of ether oxygens (including phenoxy) is 1. The molecule has 0 aromatic heterocycles. The molecule has 3 aliphatic rings. The van der Waals surface area contributed by atoms with Gasteiger partial charge in [-0.2, -0.15) is 0 Å². The first-order valence-corrected chi connectivity index (χ1v) is 10.5. The second-order valence-electron chi connectivity index (χ2n) is 8.62. The van der Waals surface area contributed by atoms with Gasteiger partial charge in [0.05, 0.1) is 32.2 Å². The Morgan fingerprint density at radius 1 is 1.04 bits per heavy atom. The van der Waals surface area contributed by atoms with Crippen molar-refractivity contribution in [2.75, 3.05) is 32.8 Å². The number of benzene rings is 2. The predicted octanol–water partition coefficient (Wildman–Crippen LogP) is 2.13. The lowest BCUT2D eigenvalue weighted by atomic mass is 9.93. The zero-order valence-electron chi connectivity index (χ0n) is 15.9. The number of quaternary nitrogens is 1. The van der Waals surface area contributed by atoms with Gasteiger partial charge >= 0.3 is 0 Å². The van der Waals surface area contributed by atoms with Gasteiger partial charge in [-0.05, 0) is 48.1 Å². The number of fused-ring (bicyclic) bond motifs is 3. The molecule has 1 saturated heterocycles. The number of carbonyl (C=O) groups excluding carboxylic acids is 1. The molecular formula is C23H29N2O2+. The van der Waals surface area contributed by atoms with Gasteiger partial charge in [0, 0.05) is 12.3 Å². The number of nitrogens with zero attached hydrogens (tertiary/aromatic N) is 1. The second kappa shape index (κ2) is 7.16. The summed E-state index contributed by atoms with van der Waals surface area (Å²) in [6, 6.07) is 15.1. The number of rotatable bonds is 4. The van der Waals surface area contributed by atoms with E-state index in [1.807, 2.05) is 35.2 Å². The molecule has 2 bridgehead atoms. The first kappa shape index (κ1) is 17.1. The zero-order chi connectivity index (χ0) is 18.2. The number of hydrogen-bond donors (Lipinski definition) is 1. The first-order chi connectivity index (χ1) is 13.3. The van der Waals surface area contributed by atoms with E-state index in [0.717, 1.165) is 55.2 Å². The predicted molar refractivity (Wildman–Crippen MR) is 106 cm³/mol. The molecule has 3 atom stereocenters. The Morgan fingerprint density at radius 2 is 1.85 bits per heavy atom. The Kier molecular flexibility index (Phi) is 4.52.